The Morgan fingerprint density at radius 1 is 1.41 bits per heavy atom. The molecule has 6 nitrogen and oxygen atoms in total. The van der Waals surface area contributed by atoms with Crippen molar-refractivity contribution in [3.63, 3.8) is 0 Å². The average molecular weight is 302 g/mol. The maximum atomic E-state index is 13.2. The van der Waals surface area contributed by atoms with E-state index in [9.17, 15) is 9.18 Å². The van der Waals surface area contributed by atoms with Gasteiger partial charge in [-0.2, -0.15) is 0 Å². The second kappa shape index (κ2) is 5.59. The molecular formula is C15H15FN4O2. The topological polar surface area (TPSA) is 73.0 Å². The third-order valence-corrected chi connectivity index (χ3v) is 3.36. The van der Waals surface area contributed by atoms with Crippen LogP contribution in [-0.2, 0) is 13.5 Å². The van der Waals surface area contributed by atoms with Gasteiger partial charge in [0.25, 0.3) is 5.91 Å². The highest BCUT2D eigenvalue weighted by Gasteiger charge is 2.16. The molecule has 2 aromatic heterocycles. The SMILES string of the molecule is CCCc1cc(C(=O)Nc2nc3cc(F)ccc3n2C)no1. The van der Waals surface area contributed by atoms with Crippen molar-refractivity contribution in [2.24, 2.45) is 7.05 Å². The fraction of sp³-hybridized carbons (Fsp3) is 0.267. The van der Waals surface area contributed by atoms with Crippen molar-refractivity contribution >= 4 is 22.9 Å². The second-order valence-electron chi connectivity index (χ2n) is 5.01. The van der Waals surface area contributed by atoms with Crippen molar-refractivity contribution in [2.45, 2.75) is 19.8 Å². The van der Waals surface area contributed by atoms with Crippen LogP contribution in [0.3, 0.4) is 0 Å². The number of anilines is 1. The van der Waals surface area contributed by atoms with Crippen LogP contribution in [0, 0.1) is 5.82 Å². The van der Waals surface area contributed by atoms with E-state index in [1.807, 2.05) is 6.92 Å². The van der Waals surface area contributed by atoms with Gasteiger partial charge in [-0.25, -0.2) is 9.37 Å². The maximum absolute atomic E-state index is 13.2. The van der Waals surface area contributed by atoms with Gasteiger partial charge in [0.15, 0.2) is 5.69 Å². The molecule has 0 spiro atoms. The molecule has 0 saturated carbocycles. The van der Waals surface area contributed by atoms with Crippen LogP contribution in [0.1, 0.15) is 29.6 Å². The molecule has 0 aliphatic heterocycles. The van der Waals surface area contributed by atoms with E-state index in [4.69, 9.17) is 4.52 Å². The van der Waals surface area contributed by atoms with E-state index in [-0.39, 0.29) is 11.5 Å². The van der Waals surface area contributed by atoms with Crippen LogP contribution in [0.25, 0.3) is 11.0 Å². The number of aryl methyl sites for hydroxylation is 2. The number of carbonyl (C=O) groups excluding carboxylic acids is 1. The summed E-state index contributed by atoms with van der Waals surface area (Å²) in [5.74, 6) is 0.208. The zero-order valence-corrected chi connectivity index (χ0v) is 12.3. The number of fused-ring (bicyclic) bond motifs is 1. The highest BCUT2D eigenvalue weighted by atomic mass is 19.1. The summed E-state index contributed by atoms with van der Waals surface area (Å²) in [5.41, 5.74) is 1.40. The van der Waals surface area contributed by atoms with E-state index < -0.39 is 5.91 Å². The molecule has 2 heterocycles. The summed E-state index contributed by atoms with van der Waals surface area (Å²) in [6.07, 6.45) is 1.64. The molecule has 114 valence electrons. The molecule has 3 aromatic rings. The number of halogens is 1. The van der Waals surface area contributed by atoms with Crippen LogP contribution in [-0.4, -0.2) is 20.6 Å². The molecule has 0 aliphatic carbocycles. The molecule has 7 heteroatoms. The van der Waals surface area contributed by atoms with Crippen molar-refractivity contribution in [3.05, 3.63) is 41.5 Å². The molecule has 3 rings (SSSR count). The van der Waals surface area contributed by atoms with Gasteiger partial charge in [-0.1, -0.05) is 12.1 Å². The molecule has 1 N–H and O–H groups in total. The van der Waals surface area contributed by atoms with E-state index >= 15 is 0 Å². The monoisotopic (exact) mass is 302 g/mol. The van der Waals surface area contributed by atoms with Crippen LogP contribution >= 0.6 is 0 Å². The van der Waals surface area contributed by atoms with Crippen LogP contribution in [0.15, 0.2) is 28.8 Å². The normalized spacial score (nSPS) is 11.0. The number of hydrogen-bond acceptors (Lipinski definition) is 4. The van der Waals surface area contributed by atoms with Crippen molar-refractivity contribution < 1.29 is 13.7 Å². The highest BCUT2D eigenvalue weighted by molar-refractivity contribution is 6.02. The first-order chi connectivity index (χ1) is 10.6. The zero-order valence-electron chi connectivity index (χ0n) is 12.3. The van der Waals surface area contributed by atoms with Gasteiger partial charge in [-0.05, 0) is 18.6 Å². The first kappa shape index (κ1) is 14.2. The van der Waals surface area contributed by atoms with Crippen molar-refractivity contribution in [3.8, 4) is 0 Å². The van der Waals surface area contributed by atoms with E-state index in [1.54, 1.807) is 23.7 Å². The van der Waals surface area contributed by atoms with E-state index in [0.717, 1.165) is 18.4 Å². The third kappa shape index (κ3) is 2.57. The lowest BCUT2D eigenvalue weighted by Gasteiger charge is -2.02. The minimum Gasteiger partial charge on any atom is -0.361 e. The molecule has 0 saturated heterocycles. The van der Waals surface area contributed by atoms with Gasteiger partial charge in [0.05, 0.1) is 11.0 Å². The molecule has 1 amide bonds. The van der Waals surface area contributed by atoms with Crippen LogP contribution in [0.2, 0.25) is 0 Å². The number of carbonyl (C=O) groups is 1. The Labute approximate surface area is 125 Å². The molecule has 0 fully saturated rings. The highest BCUT2D eigenvalue weighted by Crippen LogP contribution is 2.19. The van der Waals surface area contributed by atoms with Crippen LogP contribution in [0.5, 0.6) is 0 Å². The summed E-state index contributed by atoms with van der Waals surface area (Å²) in [4.78, 5) is 16.4. The lowest BCUT2D eigenvalue weighted by atomic mass is 10.2. The van der Waals surface area contributed by atoms with E-state index in [2.05, 4.69) is 15.5 Å². The summed E-state index contributed by atoms with van der Waals surface area (Å²) in [5, 5.41) is 6.40. The minimum absolute atomic E-state index is 0.196. The van der Waals surface area contributed by atoms with Gasteiger partial charge < -0.3 is 9.09 Å². The first-order valence-electron chi connectivity index (χ1n) is 6.97. The lowest BCUT2D eigenvalue weighted by Crippen LogP contribution is -2.15. The molecule has 22 heavy (non-hydrogen) atoms. The fourth-order valence-corrected chi connectivity index (χ4v) is 2.23. The summed E-state index contributed by atoms with van der Waals surface area (Å²) in [6, 6.07) is 5.90. The molecular weight excluding hydrogens is 287 g/mol. The number of rotatable bonds is 4. The molecule has 0 bridgehead atoms. The Bertz CT molecular complexity index is 837. The first-order valence-corrected chi connectivity index (χ1v) is 6.97. The van der Waals surface area contributed by atoms with Gasteiger partial charge in [0.2, 0.25) is 5.95 Å². The van der Waals surface area contributed by atoms with Gasteiger partial charge in [0.1, 0.15) is 11.6 Å². The Hall–Kier alpha value is -2.70. The second-order valence-corrected chi connectivity index (χ2v) is 5.01. The third-order valence-electron chi connectivity index (χ3n) is 3.36. The molecule has 0 unspecified atom stereocenters. The summed E-state index contributed by atoms with van der Waals surface area (Å²) >= 11 is 0. The van der Waals surface area contributed by atoms with Gasteiger partial charge >= 0.3 is 0 Å². The lowest BCUT2D eigenvalue weighted by molar-refractivity contribution is 0.101. The summed E-state index contributed by atoms with van der Waals surface area (Å²) in [6.45, 7) is 2.01. The maximum Gasteiger partial charge on any atom is 0.280 e. The standard InChI is InChI=1S/C15H15FN4O2/c1-3-4-10-8-12(19-22-10)14(21)18-15-17-11-7-9(16)5-6-13(11)20(15)2/h5-8H,3-4H2,1-2H3,(H,17,18,21). The Morgan fingerprint density at radius 3 is 3.00 bits per heavy atom. The average Bonchev–Trinajstić information content (AvgIpc) is 3.05. The number of hydrogen-bond donors (Lipinski definition) is 1. The minimum atomic E-state index is -0.412. The van der Waals surface area contributed by atoms with Gasteiger partial charge in [-0.3, -0.25) is 10.1 Å². The van der Waals surface area contributed by atoms with E-state index in [1.165, 1.54) is 12.1 Å². The number of nitrogens with one attached hydrogen (secondary N) is 1. The van der Waals surface area contributed by atoms with E-state index in [0.29, 0.717) is 17.2 Å². The number of nitrogens with zero attached hydrogens (tertiary/aromatic N) is 3. The fourth-order valence-electron chi connectivity index (χ4n) is 2.23. The Kier molecular flexibility index (Phi) is 3.62. The number of amides is 1. The van der Waals surface area contributed by atoms with Crippen molar-refractivity contribution in [1.82, 2.24) is 14.7 Å². The summed E-state index contributed by atoms with van der Waals surface area (Å²) < 4.78 is 20.0. The quantitative estimate of drug-likeness (QED) is 0.804. The van der Waals surface area contributed by atoms with Gasteiger partial charge in [0, 0.05) is 25.6 Å². The van der Waals surface area contributed by atoms with Crippen LogP contribution < -0.4 is 5.32 Å². The molecule has 1 aromatic carbocycles. The number of benzene rings is 1. The predicted molar refractivity (Wildman–Crippen MR) is 79.1 cm³/mol. The molecule has 0 radical (unpaired) electrons. The Balaban J connectivity index is 1.85. The molecule has 0 aliphatic rings. The largest absolute Gasteiger partial charge is 0.361 e. The summed E-state index contributed by atoms with van der Waals surface area (Å²) in [7, 11) is 1.74. The zero-order chi connectivity index (χ0) is 15.7. The smallest absolute Gasteiger partial charge is 0.280 e. The van der Waals surface area contributed by atoms with Crippen LogP contribution in [0.4, 0.5) is 10.3 Å². The number of imidazole rings is 1. The van der Waals surface area contributed by atoms with Gasteiger partial charge in [-0.15, -0.1) is 0 Å². The van der Waals surface area contributed by atoms with Crippen molar-refractivity contribution in [1.29, 1.82) is 0 Å². The predicted octanol–water partition coefficient (Wildman–Crippen LogP) is 2.91. The Morgan fingerprint density at radius 2 is 2.23 bits per heavy atom. The number of aromatic nitrogens is 3. The van der Waals surface area contributed by atoms with Crippen molar-refractivity contribution in [2.75, 3.05) is 5.32 Å². The molecule has 0 atom stereocenters.